The quantitative estimate of drug-likeness (QED) is 0.741. The first kappa shape index (κ1) is 21.1. The molecule has 0 aromatic heterocycles. The number of amides is 1. The van der Waals surface area contributed by atoms with Gasteiger partial charge in [-0.25, -0.2) is 12.7 Å². The zero-order valence-corrected chi connectivity index (χ0v) is 17.6. The van der Waals surface area contributed by atoms with Gasteiger partial charge in [-0.05, 0) is 30.5 Å². The summed E-state index contributed by atoms with van der Waals surface area (Å²) in [6.07, 6.45) is 0.992. The molecule has 1 aliphatic heterocycles. The lowest BCUT2D eigenvalue weighted by atomic mass is 9.97. The Bertz CT molecular complexity index is 907. The van der Waals surface area contributed by atoms with Crippen LogP contribution in [0.5, 0.6) is 0 Å². The van der Waals surface area contributed by atoms with Crippen molar-refractivity contribution < 1.29 is 13.2 Å². The summed E-state index contributed by atoms with van der Waals surface area (Å²) in [5, 5.41) is 3.61. The Morgan fingerprint density at radius 3 is 2.21 bits per heavy atom. The molecule has 5 nitrogen and oxygen atoms in total. The molecule has 28 heavy (non-hydrogen) atoms. The summed E-state index contributed by atoms with van der Waals surface area (Å²) in [5.74, 6) is -0.453. The standard InChI is InChI=1S/C20H22Cl2N2O3S/c21-18-7-4-8-19(22)17(18)14-28(26,27)24-11-9-16(10-12-24)20(25)23-13-15-5-2-1-3-6-15/h1-8,16H,9-14H2,(H,23,25). The maximum atomic E-state index is 12.8. The van der Waals surface area contributed by atoms with Gasteiger partial charge in [0.05, 0.1) is 5.75 Å². The fourth-order valence-corrected chi connectivity index (χ4v) is 5.58. The third-order valence-corrected chi connectivity index (χ3v) is 7.43. The molecule has 1 fully saturated rings. The van der Waals surface area contributed by atoms with Gasteiger partial charge < -0.3 is 5.32 Å². The Morgan fingerprint density at radius 1 is 1.00 bits per heavy atom. The summed E-state index contributed by atoms with van der Waals surface area (Å²) in [7, 11) is -3.55. The smallest absolute Gasteiger partial charge is 0.223 e. The highest BCUT2D eigenvalue weighted by Gasteiger charge is 2.31. The van der Waals surface area contributed by atoms with E-state index in [4.69, 9.17) is 23.2 Å². The monoisotopic (exact) mass is 440 g/mol. The van der Waals surface area contributed by atoms with E-state index in [2.05, 4.69) is 5.32 Å². The number of halogens is 2. The van der Waals surface area contributed by atoms with Crippen molar-refractivity contribution in [1.82, 2.24) is 9.62 Å². The van der Waals surface area contributed by atoms with Crippen LogP contribution in [-0.4, -0.2) is 31.7 Å². The number of nitrogens with zero attached hydrogens (tertiary/aromatic N) is 1. The molecule has 0 atom stereocenters. The van der Waals surface area contributed by atoms with Crippen molar-refractivity contribution in [2.45, 2.75) is 25.1 Å². The number of piperidine rings is 1. The summed E-state index contributed by atoms with van der Waals surface area (Å²) in [6, 6.07) is 14.6. The molecule has 0 aliphatic carbocycles. The van der Waals surface area contributed by atoms with Gasteiger partial charge in [-0.3, -0.25) is 4.79 Å². The number of carbonyl (C=O) groups excluding carboxylic acids is 1. The van der Waals surface area contributed by atoms with Crippen molar-refractivity contribution in [3.05, 3.63) is 69.7 Å². The number of hydrogen-bond donors (Lipinski definition) is 1. The highest BCUT2D eigenvalue weighted by atomic mass is 35.5. The van der Waals surface area contributed by atoms with Crippen LogP contribution in [0.15, 0.2) is 48.5 Å². The summed E-state index contributed by atoms with van der Waals surface area (Å²) < 4.78 is 26.9. The number of sulfonamides is 1. The van der Waals surface area contributed by atoms with Crippen LogP contribution >= 0.6 is 23.2 Å². The molecule has 1 amide bonds. The first-order valence-electron chi connectivity index (χ1n) is 9.09. The van der Waals surface area contributed by atoms with Crippen molar-refractivity contribution in [3.8, 4) is 0 Å². The van der Waals surface area contributed by atoms with Gasteiger partial charge in [0.2, 0.25) is 15.9 Å². The van der Waals surface area contributed by atoms with Gasteiger partial charge in [-0.2, -0.15) is 0 Å². The highest BCUT2D eigenvalue weighted by Crippen LogP contribution is 2.29. The molecule has 2 aromatic carbocycles. The van der Waals surface area contributed by atoms with Crippen molar-refractivity contribution in [2.75, 3.05) is 13.1 Å². The number of rotatable bonds is 6. The fraction of sp³-hybridized carbons (Fsp3) is 0.350. The van der Waals surface area contributed by atoms with Gasteiger partial charge in [0.15, 0.2) is 0 Å². The van der Waals surface area contributed by atoms with Gasteiger partial charge >= 0.3 is 0 Å². The van der Waals surface area contributed by atoms with Crippen LogP contribution in [-0.2, 0) is 27.1 Å². The normalized spacial score (nSPS) is 16.1. The molecule has 3 rings (SSSR count). The number of nitrogens with one attached hydrogen (secondary N) is 1. The first-order valence-corrected chi connectivity index (χ1v) is 11.5. The Balaban J connectivity index is 1.54. The molecule has 2 aromatic rings. The lowest BCUT2D eigenvalue weighted by molar-refractivity contribution is -0.126. The zero-order valence-electron chi connectivity index (χ0n) is 15.3. The summed E-state index contributed by atoms with van der Waals surface area (Å²) in [4.78, 5) is 12.4. The van der Waals surface area contributed by atoms with Crippen LogP contribution in [0.4, 0.5) is 0 Å². The second-order valence-electron chi connectivity index (χ2n) is 6.83. The Kier molecular flexibility index (Phi) is 6.99. The van der Waals surface area contributed by atoms with E-state index in [1.54, 1.807) is 18.2 Å². The predicted molar refractivity (Wildman–Crippen MR) is 112 cm³/mol. The molecule has 1 heterocycles. The Labute approximate surface area is 175 Å². The van der Waals surface area contributed by atoms with Gasteiger partial charge in [0.25, 0.3) is 0 Å². The van der Waals surface area contributed by atoms with E-state index in [1.807, 2.05) is 30.3 Å². The van der Waals surface area contributed by atoms with E-state index < -0.39 is 10.0 Å². The summed E-state index contributed by atoms with van der Waals surface area (Å²) >= 11 is 12.2. The number of benzene rings is 2. The molecule has 150 valence electrons. The minimum atomic E-state index is -3.55. The minimum Gasteiger partial charge on any atom is -0.352 e. The molecular formula is C20H22Cl2N2O3S. The molecule has 8 heteroatoms. The molecule has 0 radical (unpaired) electrons. The Hall–Kier alpha value is -1.60. The van der Waals surface area contributed by atoms with Crippen LogP contribution in [0.2, 0.25) is 10.0 Å². The largest absolute Gasteiger partial charge is 0.352 e. The summed E-state index contributed by atoms with van der Waals surface area (Å²) in [5.41, 5.74) is 1.45. The topological polar surface area (TPSA) is 66.5 Å². The molecule has 0 spiro atoms. The van der Waals surface area contributed by atoms with E-state index in [0.29, 0.717) is 48.1 Å². The van der Waals surface area contributed by atoms with Crippen molar-refractivity contribution in [3.63, 3.8) is 0 Å². The van der Waals surface area contributed by atoms with Crippen molar-refractivity contribution >= 4 is 39.1 Å². The number of hydrogen-bond acceptors (Lipinski definition) is 3. The predicted octanol–water partition coefficient (Wildman–Crippen LogP) is 3.85. The van der Waals surface area contributed by atoms with Crippen LogP contribution in [0.1, 0.15) is 24.0 Å². The minimum absolute atomic E-state index is 0.0324. The van der Waals surface area contributed by atoms with E-state index in [0.717, 1.165) is 5.56 Å². The van der Waals surface area contributed by atoms with Gasteiger partial charge in [-0.15, -0.1) is 0 Å². The zero-order chi connectivity index (χ0) is 20.1. The van der Waals surface area contributed by atoms with Crippen LogP contribution in [0.25, 0.3) is 0 Å². The summed E-state index contributed by atoms with van der Waals surface area (Å²) in [6.45, 7) is 1.10. The van der Waals surface area contributed by atoms with Gasteiger partial charge in [-0.1, -0.05) is 59.6 Å². The molecule has 1 saturated heterocycles. The molecule has 0 bridgehead atoms. The third-order valence-electron chi connectivity index (χ3n) is 4.92. The van der Waals surface area contributed by atoms with E-state index in [-0.39, 0.29) is 17.6 Å². The number of carbonyl (C=O) groups is 1. The Morgan fingerprint density at radius 2 is 1.61 bits per heavy atom. The maximum absolute atomic E-state index is 12.8. The average Bonchev–Trinajstić information content (AvgIpc) is 2.70. The van der Waals surface area contributed by atoms with Crippen LogP contribution < -0.4 is 5.32 Å². The van der Waals surface area contributed by atoms with E-state index >= 15 is 0 Å². The SMILES string of the molecule is O=C(NCc1ccccc1)C1CCN(S(=O)(=O)Cc2c(Cl)cccc2Cl)CC1. The molecule has 0 saturated carbocycles. The lowest BCUT2D eigenvalue weighted by Gasteiger charge is -2.30. The van der Waals surface area contributed by atoms with Crippen LogP contribution in [0.3, 0.4) is 0 Å². The van der Waals surface area contributed by atoms with Gasteiger partial charge in [0.1, 0.15) is 0 Å². The van der Waals surface area contributed by atoms with E-state index in [9.17, 15) is 13.2 Å². The molecule has 1 N–H and O–H groups in total. The highest BCUT2D eigenvalue weighted by molar-refractivity contribution is 7.88. The molecular weight excluding hydrogens is 419 g/mol. The molecule has 1 aliphatic rings. The van der Waals surface area contributed by atoms with Crippen molar-refractivity contribution in [2.24, 2.45) is 5.92 Å². The third kappa shape index (κ3) is 5.26. The first-order chi connectivity index (χ1) is 13.4. The maximum Gasteiger partial charge on any atom is 0.223 e. The molecule has 0 unspecified atom stereocenters. The second kappa shape index (κ2) is 9.27. The lowest BCUT2D eigenvalue weighted by Crippen LogP contribution is -2.43. The average molecular weight is 441 g/mol. The fourth-order valence-electron chi connectivity index (χ4n) is 3.27. The van der Waals surface area contributed by atoms with Gasteiger partial charge in [0, 0.05) is 41.2 Å². The van der Waals surface area contributed by atoms with E-state index in [1.165, 1.54) is 4.31 Å². The van der Waals surface area contributed by atoms with Crippen LogP contribution in [0, 0.1) is 5.92 Å². The second-order valence-corrected chi connectivity index (χ2v) is 9.62. The van der Waals surface area contributed by atoms with Crippen molar-refractivity contribution in [1.29, 1.82) is 0 Å².